The number of carbonyl (C=O) groups excluding carboxylic acids is 1. The molecule has 236 valence electrons. The number of carbonyl (C=O) groups is 1. The lowest BCUT2D eigenvalue weighted by atomic mass is 10.1. The number of rotatable bonds is 13. The van der Waals surface area contributed by atoms with E-state index in [2.05, 4.69) is 33.7 Å². The zero-order valence-electron chi connectivity index (χ0n) is 25.7. The number of hydrogen-bond donors (Lipinski definition) is 1. The monoisotopic (exact) mass is 637 g/mol. The van der Waals surface area contributed by atoms with Crippen molar-refractivity contribution in [2.24, 2.45) is 0 Å². The first kappa shape index (κ1) is 31.2. The normalized spacial score (nSPS) is 12.1. The lowest BCUT2D eigenvalue weighted by Crippen LogP contribution is -2.25. The van der Waals surface area contributed by atoms with Gasteiger partial charge in [-0.25, -0.2) is 4.98 Å². The van der Waals surface area contributed by atoms with Crippen LogP contribution >= 0.6 is 11.6 Å². The van der Waals surface area contributed by atoms with Crippen LogP contribution < -0.4 is 9.47 Å². The number of imidazole rings is 1. The SMILES string of the molecule is CCOC(=O)CCCn1c(-c2ccccc2)nc(-c2ccccc2)c1CN(Cc1ccc2c(c1)OCO2)Cc1ccc(O)cc1Cl. The van der Waals surface area contributed by atoms with Crippen molar-refractivity contribution >= 4 is 17.6 Å². The first-order valence-electron chi connectivity index (χ1n) is 15.4. The molecular weight excluding hydrogens is 602 g/mol. The molecule has 46 heavy (non-hydrogen) atoms. The first-order chi connectivity index (χ1) is 22.5. The molecule has 0 bridgehead atoms. The molecule has 0 radical (unpaired) electrons. The minimum atomic E-state index is -0.208. The Labute approximate surface area is 273 Å². The van der Waals surface area contributed by atoms with E-state index in [0.29, 0.717) is 50.7 Å². The molecule has 1 aromatic heterocycles. The van der Waals surface area contributed by atoms with Crippen molar-refractivity contribution in [3.8, 4) is 39.9 Å². The summed E-state index contributed by atoms with van der Waals surface area (Å²) in [5, 5.41) is 10.5. The summed E-state index contributed by atoms with van der Waals surface area (Å²) in [6, 6.07) is 31.4. The molecule has 4 aromatic carbocycles. The number of benzene rings is 4. The van der Waals surface area contributed by atoms with E-state index < -0.39 is 0 Å². The molecule has 6 rings (SSSR count). The number of aromatic nitrogens is 2. The van der Waals surface area contributed by atoms with E-state index in [0.717, 1.165) is 51.0 Å². The molecule has 0 saturated heterocycles. The van der Waals surface area contributed by atoms with E-state index in [9.17, 15) is 9.90 Å². The van der Waals surface area contributed by atoms with Crippen molar-refractivity contribution in [1.29, 1.82) is 0 Å². The molecule has 5 aromatic rings. The molecule has 0 unspecified atom stereocenters. The smallest absolute Gasteiger partial charge is 0.305 e. The Kier molecular flexibility index (Phi) is 9.86. The summed E-state index contributed by atoms with van der Waals surface area (Å²) < 4.78 is 18.7. The van der Waals surface area contributed by atoms with Crippen LogP contribution in [0.5, 0.6) is 17.2 Å². The second-order valence-corrected chi connectivity index (χ2v) is 11.5. The van der Waals surface area contributed by atoms with Gasteiger partial charge < -0.3 is 23.9 Å². The Balaban J connectivity index is 1.43. The second-order valence-electron chi connectivity index (χ2n) is 11.1. The largest absolute Gasteiger partial charge is 0.508 e. The molecule has 0 aliphatic carbocycles. The van der Waals surface area contributed by atoms with E-state index in [1.54, 1.807) is 12.1 Å². The average molecular weight is 638 g/mol. The molecule has 1 aliphatic rings. The highest BCUT2D eigenvalue weighted by molar-refractivity contribution is 6.31. The van der Waals surface area contributed by atoms with Gasteiger partial charge in [0.25, 0.3) is 0 Å². The highest BCUT2D eigenvalue weighted by Crippen LogP contribution is 2.35. The fraction of sp³-hybridized carbons (Fsp3) is 0.243. The van der Waals surface area contributed by atoms with Crippen LogP contribution in [0.1, 0.15) is 36.6 Å². The van der Waals surface area contributed by atoms with Crippen molar-refractivity contribution in [2.45, 2.75) is 45.9 Å². The number of esters is 1. The number of aromatic hydroxyl groups is 1. The molecular formula is C37H36ClN3O5. The number of hydrogen-bond acceptors (Lipinski definition) is 7. The maximum absolute atomic E-state index is 12.3. The molecule has 9 heteroatoms. The predicted molar refractivity (Wildman–Crippen MR) is 178 cm³/mol. The summed E-state index contributed by atoms with van der Waals surface area (Å²) >= 11 is 6.64. The minimum Gasteiger partial charge on any atom is -0.508 e. The van der Waals surface area contributed by atoms with Crippen LogP contribution in [-0.4, -0.2) is 38.9 Å². The molecule has 0 amide bonds. The van der Waals surface area contributed by atoms with Crippen LogP contribution in [0.2, 0.25) is 5.02 Å². The number of halogens is 1. The van der Waals surface area contributed by atoms with Gasteiger partial charge in [-0.2, -0.15) is 0 Å². The van der Waals surface area contributed by atoms with Crippen LogP contribution in [-0.2, 0) is 35.7 Å². The van der Waals surface area contributed by atoms with Gasteiger partial charge in [-0.05, 0) is 48.7 Å². The number of phenols is 1. The third-order valence-electron chi connectivity index (χ3n) is 7.87. The van der Waals surface area contributed by atoms with Crippen molar-refractivity contribution in [1.82, 2.24) is 14.5 Å². The molecule has 1 aliphatic heterocycles. The minimum absolute atomic E-state index is 0.120. The summed E-state index contributed by atoms with van der Waals surface area (Å²) in [7, 11) is 0. The Morgan fingerprint density at radius 2 is 1.65 bits per heavy atom. The van der Waals surface area contributed by atoms with Gasteiger partial charge in [0, 0.05) is 48.7 Å². The average Bonchev–Trinajstić information content (AvgIpc) is 3.68. The van der Waals surface area contributed by atoms with Crippen molar-refractivity contribution in [2.75, 3.05) is 13.4 Å². The summed E-state index contributed by atoms with van der Waals surface area (Å²) in [6.45, 7) is 4.58. The lowest BCUT2D eigenvalue weighted by Gasteiger charge is -2.25. The van der Waals surface area contributed by atoms with Crippen LogP contribution in [0.15, 0.2) is 97.1 Å². The maximum atomic E-state index is 12.3. The number of phenolic OH excluding ortho intramolecular Hbond substituents is 1. The lowest BCUT2D eigenvalue weighted by molar-refractivity contribution is -0.143. The summed E-state index contributed by atoms with van der Waals surface area (Å²) in [4.78, 5) is 19.9. The summed E-state index contributed by atoms with van der Waals surface area (Å²) in [5.41, 5.74) is 5.83. The standard InChI is InChI=1S/C37H36ClN3O5/c1-2-44-35(43)14-9-19-41-32(36(27-10-5-3-6-11-27)39-37(41)28-12-7-4-8-13-28)24-40(23-29-16-17-30(42)21-31(29)38)22-26-15-18-33-34(20-26)46-25-45-33/h3-8,10-13,15-18,20-21,42H,2,9,14,19,22-25H2,1H3. The Hall–Kier alpha value is -4.79. The van der Waals surface area contributed by atoms with Gasteiger partial charge in [0.2, 0.25) is 6.79 Å². The number of nitrogens with zero attached hydrogens (tertiary/aromatic N) is 3. The van der Waals surface area contributed by atoms with Crippen LogP contribution in [0.4, 0.5) is 0 Å². The fourth-order valence-electron chi connectivity index (χ4n) is 5.72. The van der Waals surface area contributed by atoms with Gasteiger partial charge >= 0.3 is 5.97 Å². The highest BCUT2D eigenvalue weighted by atomic mass is 35.5. The molecule has 1 N–H and O–H groups in total. The molecule has 0 atom stereocenters. The Bertz CT molecular complexity index is 1790. The maximum Gasteiger partial charge on any atom is 0.305 e. The molecule has 0 spiro atoms. The predicted octanol–water partition coefficient (Wildman–Crippen LogP) is 7.85. The zero-order chi connectivity index (χ0) is 31.9. The van der Waals surface area contributed by atoms with E-state index in [1.807, 2.05) is 67.6 Å². The van der Waals surface area contributed by atoms with Crippen molar-refractivity contribution in [3.05, 3.63) is 119 Å². The molecule has 2 heterocycles. The van der Waals surface area contributed by atoms with E-state index >= 15 is 0 Å². The van der Waals surface area contributed by atoms with Crippen molar-refractivity contribution < 1.29 is 24.1 Å². The van der Waals surface area contributed by atoms with Gasteiger partial charge in [0.15, 0.2) is 11.5 Å². The number of fused-ring (bicyclic) bond motifs is 1. The quantitative estimate of drug-likeness (QED) is 0.132. The Morgan fingerprint density at radius 3 is 2.39 bits per heavy atom. The number of ether oxygens (including phenoxy) is 3. The first-order valence-corrected chi connectivity index (χ1v) is 15.8. The molecule has 0 fully saturated rings. The van der Waals surface area contributed by atoms with Gasteiger partial charge in [-0.1, -0.05) is 84.4 Å². The van der Waals surface area contributed by atoms with Crippen LogP contribution in [0.3, 0.4) is 0 Å². The van der Waals surface area contributed by atoms with E-state index in [4.69, 9.17) is 30.8 Å². The van der Waals surface area contributed by atoms with Crippen LogP contribution in [0, 0.1) is 0 Å². The van der Waals surface area contributed by atoms with E-state index in [-0.39, 0.29) is 18.5 Å². The zero-order valence-corrected chi connectivity index (χ0v) is 26.5. The third kappa shape index (κ3) is 7.36. The second kappa shape index (κ2) is 14.5. The highest BCUT2D eigenvalue weighted by Gasteiger charge is 2.24. The van der Waals surface area contributed by atoms with E-state index in [1.165, 1.54) is 0 Å². The molecule has 8 nitrogen and oxygen atoms in total. The van der Waals surface area contributed by atoms with Crippen LogP contribution in [0.25, 0.3) is 22.6 Å². The summed E-state index contributed by atoms with van der Waals surface area (Å²) in [6.07, 6.45) is 0.909. The van der Waals surface area contributed by atoms with Gasteiger partial charge in [-0.3, -0.25) is 9.69 Å². The van der Waals surface area contributed by atoms with Gasteiger partial charge in [-0.15, -0.1) is 0 Å². The third-order valence-corrected chi connectivity index (χ3v) is 8.22. The summed E-state index contributed by atoms with van der Waals surface area (Å²) in [5.74, 6) is 2.20. The van der Waals surface area contributed by atoms with Gasteiger partial charge in [0.1, 0.15) is 11.6 Å². The fourth-order valence-corrected chi connectivity index (χ4v) is 5.95. The van der Waals surface area contributed by atoms with Crippen molar-refractivity contribution in [3.63, 3.8) is 0 Å². The molecule has 0 saturated carbocycles. The topological polar surface area (TPSA) is 86.1 Å². The Morgan fingerprint density at radius 1 is 0.913 bits per heavy atom. The van der Waals surface area contributed by atoms with Gasteiger partial charge in [0.05, 0.1) is 18.0 Å².